The minimum Gasteiger partial charge on any atom is -0.463 e. The van der Waals surface area contributed by atoms with Crippen molar-refractivity contribution in [3.05, 3.63) is 46.0 Å². The van der Waals surface area contributed by atoms with Crippen LogP contribution in [0.4, 0.5) is 0 Å². The minimum atomic E-state index is -1.12. The van der Waals surface area contributed by atoms with E-state index < -0.39 is 18.0 Å². The molecule has 4 rings (SSSR count). The highest BCUT2D eigenvalue weighted by Crippen LogP contribution is 2.51. The van der Waals surface area contributed by atoms with Gasteiger partial charge in [-0.1, -0.05) is 23.7 Å². The van der Waals surface area contributed by atoms with Crippen LogP contribution in [0.2, 0.25) is 5.02 Å². The Balaban J connectivity index is 1.60. The molecule has 1 fully saturated rings. The lowest BCUT2D eigenvalue weighted by Crippen LogP contribution is -2.37. The molecule has 30 heavy (non-hydrogen) atoms. The van der Waals surface area contributed by atoms with Gasteiger partial charge in [0.15, 0.2) is 5.79 Å². The molecule has 1 aliphatic heterocycles. The summed E-state index contributed by atoms with van der Waals surface area (Å²) in [4.78, 5) is 12.8. The third-order valence-corrected chi connectivity index (χ3v) is 7.88. The smallest absolute Gasteiger partial charge is 0.335 e. The van der Waals surface area contributed by atoms with Crippen LogP contribution in [-0.2, 0) is 25.4 Å². The molecule has 4 atom stereocenters. The second kappa shape index (κ2) is 9.18. The lowest BCUT2D eigenvalue weighted by Gasteiger charge is -2.34. The fourth-order valence-electron chi connectivity index (χ4n) is 4.55. The van der Waals surface area contributed by atoms with E-state index in [1.807, 2.05) is 12.1 Å². The monoisotopic (exact) mass is 454 g/mol. The van der Waals surface area contributed by atoms with Crippen LogP contribution in [0.3, 0.4) is 0 Å². The number of carbonyl (C=O) groups excluding carboxylic acids is 1. The van der Waals surface area contributed by atoms with Crippen LogP contribution in [0, 0.1) is 0 Å². The first kappa shape index (κ1) is 22.1. The van der Waals surface area contributed by atoms with E-state index in [-0.39, 0.29) is 36.3 Å². The maximum absolute atomic E-state index is 12.8. The van der Waals surface area contributed by atoms with Gasteiger partial charge in [0, 0.05) is 21.9 Å². The molecule has 1 saturated heterocycles. The summed E-state index contributed by atoms with van der Waals surface area (Å²) in [6.45, 7) is 1.54. The van der Waals surface area contributed by atoms with E-state index >= 15 is 0 Å². The summed E-state index contributed by atoms with van der Waals surface area (Å²) in [6, 6.07) is 6.01. The van der Waals surface area contributed by atoms with Crippen LogP contribution in [0.5, 0.6) is 0 Å². The summed E-state index contributed by atoms with van der Waals surface area (Å²) >= 11 is 8.23. The third-order valence-electron chi connectivity index (χ3n) is 5.93. The van der Waals surface area contributed by atoms with Crippen molar-refractivity contribution in [1.29, 1.82) is 0 Å². The number of carbonyl (C=O) groups is 1. The largest absolute Gasteiger partial charge is 0.463 e. The van der Waals surface area contributed by atoms with Crippen molar-refractivity contribution in [2.24, 2.45) is 0 Å². The number of ether oxygens (including phenoxy) is 3. The SMILES string of the molecule is CCOC(=O)C1=CC2(CC[C@H]1S[C@H]1CCc3cccc(Cl)c31)O[C@H](CO)[C@@H](CO)O2. The van der Waals surface area contributed by atoms with Crippen molar-refractivity contribution in [3.8, 4) is 0 Å². The number of hydrogen-bond donors (Lipinski definition) is 2. The number of halogens is 1. The molecule has 1 aromatic rings. The van der Waals surface area contributed by atoms with Crippen LogP contribution in [-0.4, -0.2) is 59.2 Å². The van der Waals surface area contributed by atoms with Crippen LogP contribution >= 0.6 is 23.4 Å². The Labute approximate surface area is 185 Å². The van der Waals surface area contributed by atoms with Gasteiger partial charge in [-0.3, -0.25) is 0 Å². The molecular weight excluding hydrogens is 428 g/mol. The summed E-state index contributed by atoms with van der Waals surface area (Å²) in [5.74, 6) is -1.50. The van der Waals surface area contributed by atoms with Gasteiger partial charge >= 0.3 is 5.97 Å². The quantitative estimate of drug-likeness (QED) is 0.638. The van der Waals surface area contributed by atoms with E-state index in [2.05, 4.69) is 6.07 Å². The van der Waals surface area contributed by atoms with Crippen molar-refractivity contribution >= 4 is 29.3 Å². The van der Waals surface area contributed by atoms with Crippen molar-refractivity contribution in [1.82, 2.24) is 0 Å². The molecule has 2 aliphatic carbocycles. The number of aryl methyl sites for hydroxylation is 1. The Kier molecular flexibility index (Phi) is 6.77. The second-order valence-electron chi connectivity index (χ2n) is 7.81. The van der Waals surface area contributed by atoms with Crippen LogP contribution in [0.25, 0.3) is 0 Å². The molecule has 0 amide bonds. The van der Waals surface area contributed by atoms with Crippen LogP contribution in [0.1, 0.15) is 42.6 Å². The Hall–Kier alpha value is -1.09. The normalized spacial score (nSPS) is 29.7. The van der Waals surface area contributed by atoms with E-state index in [9.17, 15) is 15.0 Å². The van der Waals surface area contributed by atoms with Gasteiger partial charge in [0.2, 0.25) is 0 Å². The molecule has 1 spiro atoms. The Morgan fingerprint density at radius 3 is 2.63 bits per heavy atom. The average molecular weight is 455 g/mol. The predicted molar refractivity (Wildman–Crippen MR) is 114 cm³/mol. The molecule has 3 aliphatic rings. The summed E-state index contributed by atoms with van der Waals surface area (Å²) in [6.07, 6.45) is 3.59. The third kappa shape index (κ3) is 4.16. The number of esters is 1. The van der Waals surface area contributed by atoms with Gasteiger partial charge in [0.1, 0.15) is 12.2 Å². The van der Waals surface area contributed by atoms with Crippen molar-refractivity contribution in [2.75, 3.05) is 19.8 Å². The van der Waals surface area contributed by atoms with E-state index in [1.54, 1.807) is 24.8 Å². The zero-order valence-corrected chi connectivity index (χ0v) is 18.5. The molecule has 0 radical (unpaired) electrons. The first-order valence-electron chi connectivity index (χ1n) is 10.4. The topological polar surface area (TPSA) is 85.2 Å². The molecule has 1 heterocycles. The van der Waals surface area contributed by atoms with E-state index in [4.69, 9.17) is 25.8 Å². The van der Waals surface area contributed by atoms with Gasteiger partial charge in [0.05, 0.1) is 25.4 Å². The highest BCUT2D eigenvalue weighted by Gasteiger charge is 2.49. The van der Waals surface area contributed by atoms with Crippen molar-refractivity contribution < 1.29 is 29.2 Å². The van der Waals surface area contributed by atoms with E-state index in [0.29, 0.717) is 18.4 Å². The molecule has 6 nitrogen and oxygen atoms in total. The number of aliphatic hydroxyl groups excluding tert-OH is 2. The summed E-state index contributed by atoms with van der Waals surface area (Å²) in [7, 11) is 0. The molecule has 8 heteroatoms. The highest BCUT2D eigenvalue weighted by molar-refractivity contribution is 8.00. The van der Waals surface area contributed by atoms with Gasteiger partial charge in [-0.05, 0) is 49.5 Å². The summed E-state index contributed by atoms with van der Waals surface area (Å²) in [5.41, 5.74) is 2.96. The molecule has 164 valence electrons. The highest BCUT2D eigenvalue weighted by atomic mass is 35.5. The number of thioether (sulfide) groups is 1. The Bertz CT molecular complexity index is 816. The molecule has 0 aromatic heterocycles. The number of benzene rings is 1. The molecule has 2 N–H and O–H groups in total. The molecule has 0 unspecified atom stereocenters. The fraction of sp³-hybridized carbons (Fsp3) is 0.591. The van der Waals surface area contributed by atoms with Gasteiger partial charge in [0.25, 0.3) is 0 Å². The summed E-state index contributed by atoms with van der Waals surface area (Å²) in [5, 5.41) is 20.0. The maximum atomic E-state index is 12.8. The Morgan fingerprint density at radius 1 is 1.23 bits per heavy atom. The maximum Gasteiger partial charge on any atom is 0.335 e. The van der Waals surface area contributed by atoms with Crippen LogP contribution in [0.15, 0.2) is 29.8 Å². The second-order valence-corrected chi connectivity index (χ2v) is 9.63. The number of hydrogen-bond acceptors (Lipinski definition) is 7. The van der Waals surface area contributed by atoms with E-state index in [1.165, 1.54) is 11.1 Å². The van der Waals surface area contributed by atoms with Crippen molar-refractivity contribution in [2.45, 2.75) is 61.1 Å². The standard InChI is InChI=1S/C22H27ClO6S/c1-2-27-21(26)14-10-22(28-16(11-24)17(12-25)29-22)9-8-18(14)30-19-7-6-13-4-3-5-15(23)20(13)19/h3-5,10,16-19,24-25H,2,6-9,11-12H2,1H3/t16-,17-,18-,19+/m1/s1. The van der Waals surface area contributed by atoms with Gasteiger partial charge < -0.3 is 24.4 Å². The molecule has 1 aromatic carbocycles. The average Bonchev–Trinajstić information content (AvgIpc) is 3.31. The lowest BCUT2D eigenvalue weighted by molar-refractivity contribution is -0.154. The Morgan fingerprint density at radius 2 is 1.97 bits per heavy atom. The number of rotatable bonds is 6. The fourth-order valence-corrected chi connectivity index (χ4v) is 6.57. The first-order valence-corrected chi connectivity index (χ1v) is 11.7. The zero-order valence-electron chi connectivity index (χ0n) is 16.9. The van der Waals surface area contributed by atoms with E-state index in [0.717, 1.165) is 17.9 Å². The van der Waals surface area contributed by atoms with Gasteiger partial charge in [-0.25, -0.2) is 4.79 Å². The lowest BCUT2D eigenvalue weighted by atomic mass is 9.94. The van der Waals surface area contributed by atoms with Gasteiger partial charge in [-0.2, -0.15) is 0 Å². The molecule has 0 saturated carbocycles. The number of fused-ring (bicyclic) bond motifs is 1. The minimum absolute atomic E-state index is 0.0742. The van der Waals surface area contributed by atoms with Crippen molar-refractivity contribution in [3.63, 3.8) is 0 Å². The number of aliphatic hydroxyl groups is 2. The molecule has 0 bridgehead atoms. The zero-order chi connectivity index (χ0) is 21.3. The molecular formula is C22H27ClO6S. The first-order chi connectivity index (χ1) is 14.5. The summed E-state index contributed by atoms with van der Waals surface area (Å²) < 4.78 is 17.2. The van der Waals surface area contributed by atoms with Crippen LogP contribution < -0.4 is 0 Å². The predicted octanol–water partition coefficient (Wildman–Crippen LogP) is 3.18. The van der Waals surface area contributed by atoms with Gasteiger partial charge in [-0.15, -0.1) is 11.8 Å².